The molecule has 16 heavy (non-hydrogen) atoms. The van der Waals surface area contributed by atoms with Gasteiger partial charge in [0.25, 0.3) is 6.43 Å². The summed E-state index contributed by atoms with van der Waals surface area (Å²) < 4.78 is 62.0. The highest BCUT2D eigenvalue weighted by molar-refractivity contribution is 6.31. The van der Waals surface area contributed by atoms with Crippen LogP contribution in [-0.4, -0.2) is 4.98 Å². The molecule has 1 aromatic rings. The van der Waals surface area contributed by atoms with Gasteiger partial charge in [-0.15, -0.1) is 11.6 Å². The second-order valence-corrected chi connectivity index (χ2v) is 3.46. The first kappa shape index (κ1) is 13.4. The fourth-order valence-corrected chi connectivity index (χ4v) is 1.56. The van der Waals surface area contributed by atoms with Crippen molar-refractivity contribution in [2.75, 3.05) is 0 Å². The van der Waals surface area contributed by atoms with E-state index in [0.29, 0.717) is 0 Å². The number of nitrogens with zero attached hydrogens (tertiary/aromatic N) is 1. The maximum Gasteiger partial charge on any atom is 0.419 e. The van der Waals surface area contributed by atoms with E-state index in [9.17, 15) is 22.0 Å². The zero-order valence-electron chi connectivity index (χ0n) is 7.45. The van der Waals surface area contributed by atoms with Crippen molar-refractivity contribution in [3.8, 4) is 0 Å². The summed E-state index contributed by atoms with van der Waals surface area (Å²) >= 11 is 10.6. The monoisotopic (exact) mass is 279 g/mol. The average Bonchev–Trinajstić information content (AvgIpc) is 2.14. The van der Waals surface area contributed by atoms with Crippen molar-refractivity contribution in [2.24, 2.45) is 0 Å². The van der Waals surface area contributed by atoms with E-state index in [2.05, 4.69) is 4.98 Å². The van der Waals surface area contributed by atoms with E-state index >= 15 is 0 Å². The largest absolute Gasteiger partial charge is 0.419 e. The van der Waals surface area contributed by atoms with Gasteiger partial charge in [0, 0.05) is 0 Å². The van der Waals surface area contributed by atoms with Gasteiger partial charge in [0.2, 0.25) is 0 Å². The van der Waals surface area contributed by atoms with Gasteiger partial charge >= 0.3 is 6.18 Å². The number of halogens is 7. The van der Waals surface area contributed by atoms with Crippen molar-refractivity contribution in [3.63, 3.8) is 0 Å². The third-order valence-corrected chi connectivity index (χ3v) is 2.25. The SMILES string of the molecule is FC(F)c1nc(CCl)cc(Cl)c1C(F)(F)F. The topological polar surface area (TPSA) is 12.9 Å². The smallest absolute Gasteiger partial charge is 0.250 e. The van der Waals surface area contributed by atoms with Gasteiger partial charge in [0.1, 0.15) is 11.3 Å². The predicted molar refractivity (Wildman–Crippen MR) is 48.8 cm³/mol. The summed E-state index contributed by atoms with van der Waals surface area (Å²) in [7, 11) is 0. The van der Waals surface area contributed by atoms with Crippen LogP contribution in [0.2, 0.25) is 5.02 Å². The second kappa shape index (κ2) is 4.71. The number of rotatable bonds is 2. The summed E-state index contributed by atoms with van der Waals surface area (Å²) in [6.45, 7) is 0. The third-order valence-electron chi connectivity index (χ3n) is 1.68. The van der Waals surface area contributed by atoms with E-state index < -0.39 is 28.9 Å². The molecule has 0 saturated heterocycles. The van der Waals surface area contributed by atoms with Crippen LogP contribution < -0.4 is 0 Å². The molecule has 1 heterocycles. The van der Waals surface area contributed by atoms with Crippen molar-refractivity contribution in [1.82, 2.24) is 4.98 Å². The second-order valence-electron chi connectivity index (χ2n) is 2.79. The van der Waals surface area contributed by atoms with Gasteiger partial charge < -0.3 is 0 Å². The fraction of sp³-hybridized carbons (Fsp3) is 0.375. The first-order valence-electron chi connectivity index (χ1n) is 3.88. The Morgan fingerprint density at radius 2 is 1.88 bits per heavy atom. The molecule has 1 rings (SSSR count). The van der Waals surface area contributed by atoms with E-state index in [1.165, 1.54) is 0 Å². The number of aromatic nitrogens is 1. The molecule has 0 N–H and O–H groups in total. The maximum atomic E-state index is 12.4. The number of hydrogen-bond acceptors (Lipinski definition) is 1. The summed E-state index contributed by atoms with van der Waals surface area (Å²) in [5.74, 6) is -0.294. The van der Waals surface area contributed by atoms with Crippen LogP contribution in [0.1, 0.15) is 23.4 Å². The Hall–Kier alpha value is -0.620. The van der Waals surface area contributed by atoms with Crippen LogP contribution in [0.25, 0.3) is 0 Å². The molecule has 0 aromatic carbocycles. The number of pyridine rings is 1. The van der Waals surface area contributed by atoms with E-state index in [1.807, 2.05) is 0 Å². The molecule has 0 aliphatic rings. The third kappa shape index (κ3) is 2.74. The van der Waals surface area contributed by atoms with Crippen LogP contribution in [0.4, 0.5) is 22.0 Å². The van der Waals surface area contributed by atoms with Crippen LogP contribution in [0.3, 0.4) is 0 Å². The summed E-state index contributed by atoms with van der Waals surface area (Å²) in [4.78, 5) is 3.13. The van der Waals surface area contributed by atoms with E-state index in [-0.39, 0.29) is 11.6 Å². The molecule has 1 nitrogen and oxygen atoms in total. The summed E-state index contributed by atoms with van der Waals surface area (Å²) in [6, 6.07) is 0.823. The molecule has 0 aliphatic heterocycles. The molecule has 0 atom stereocenters. The van der Waals surface area contributed by atoms with E-state index in [4.69, 9.17) is 23.2 Å². The highest BCUT2D eigenvalue weighted by Crippen LogP contribution is 2.40. The minimum atomic E-state index is -4.97. The standard InChI is InChI=1S/C8H4Cl2F5N/c9-2-3-1-4(10)5(8(13,14)15)6(16-3)7(11)12/h1,7H,2H2. The lowest BCUT2D eigenvalue weighted by atomic mass is 10.1. The van der Waals surface area contributed by atoms with Gasteiger partial charge in [-0.3, -0.25) is 0 Å². The van der Waals surface area contributed by atoms with Gasteiger partial charge in [-0.05, 0) is 6.07 Å². The van der Waals surface area contributed by atoms with Gasteiger partial charge in [0.05, 0.1) is 16.6 Å². The van der Waals surface area contributed by atoms with Crippen LogP contribution in [0, 0.1) is 0 Å². The van der Waals surface area contributed by atoms with E-state index in [1.54, 1.807) is 0 Å². The molecule has 0 aliphatic carbocycles. The molecule has 0 radical (unpaired) electrons. The lowest BCUT2D eigenvalue weighted by Crippen LogP contribution is -2.13. The normalized spacial score (nSPS) is 12.2. The molecule has 0 spiro atoms. The molecule has 0 bridgehead atoms. The fourth-order valence-electron chi connectivity index (χ4n) is 1.09. The Labute approximate surface area is 97.2 Å². The lowest BCUT2D eigenvalue weighted by molar-refractivity contribution is -0.139. The maximum absolute atomic E-state index is 12.4. The van der Waals surface area contributed by atoms with Gasteiger partial charge in [-0.1, -0.05) is 11.6 Å². The molecule has 90 valence electrons. The summed E-state index contributed by atoms with van der Waals surface area (Å²) in [5.41, 5.74) is -3.14. The lowest BCUT2D eigenvalue weighted by Gasteiger charge is -2.14. The molecule has 0 amide bonds. The van der Waals surface area contributed by atoms with Crippen molar-refractivity contribution in [2.45, 2.75) is 18.5 Å². The Balaban J connectivity index is 3.46. The highest BCUT2D eigenvalue weighted by Gasteiger charge is 2.39. The first-order chi connectivity index (χ1) is 7.27. The summed E-state index contributed by atoms with van der Waals surface area (Å²) in [6.07, 6.45) is -8.34. The molecule has 0 fully saturated rings. The number of alkyl halides is 6. The number of hydrogen-bond donors (Lipinski definition) is 0. The molecule has 1 aromatic heterocycles. The Kier molecular flexibility index (Phi) is 3.96. The quantitative estimate of drug-likeness (QED) is 0.576. The van der Waals surface area contributed by atoms with Crippen LogP contribution in [0.5, 0.6) is 0 Å². The highest BCUT2D eigenvalue weighted by atomic mass is 35.5. The molecule has 0 saturated carbocycles. The molecule has 8 heteroatoms. The zero-order chi connectivity index (χ0) is 12.5. The Morgan fingerprint density at radius 1 is 1.31 bits per heavy atom. The molecule has 0 unspecified atom stereocenters. The van der Waals surface area contributed by atoms with Crippen molar-refractivity contribution >= 4 is 23.2 Å². The van der Waals surface area contributed by atoms with Crippen molar-refractivity contribution in [1.29, 1.82) is 0 Å². The van der Waals surface area contributed by atoms with Gasteiger partial charge in [-0.25, -0.2) is 13.8 Å². The minimum absolute atomic E-state index is 0.130. The van der Waals surface area contributed by atoms with Crippen LogP contribution in [-0.2, 0) is 12.1 Å². The van der Waals surface area contributed by atoms with Crippen molar-refractivity contribution < 1.29 is 22.0 Å². The predicted octanol–water partition coefficient (Wildman–Crippen LogP) is 4.43. The Morgan fingerprint density at radius 3 is 2.25 bits per heavy atom. The van der Waals surface area contributed by atoms with Crippen LogP contribution >= 0.6 is 23.2 Å². The van der Waals surface area contributed by atoms with Gasteiger partial charge in [-0.2, -0.15) is 13.2 Å². The molecular formula is C8H4Cl2F5N. The molecular weight excluding hydrogens is 276 g/mol. The first-order valence-corrected chi connectivity index (χ1v) is 4.79. The van der Waals surface area contributed by atoms with Gasteiger partial charge in [0.15, 0.2) is 0 Å². The van der Waals surface area contributed by atoms with E-state index in [0.717, 1.165) is 6.07 Å². The summed E-state index contributed by atoms with van der Waals surface area (Å²) in [5, 5.41) is -0.826. The van der Waals surface area contributed by atoms with Crippen molar-refractivity contribution in [3.05, 3.63) is 28.0 Å². The van der Waals surface area contributed by atoms with Crippen LogP contribution in [0.15, 0.2) is 6.07 Å². The average molecular weight is 280 g/mol. The Bertz CT molecular complexity index is 391. The minimum Gasteiger partial charge on any atom is -0.250 e. The zero-order valence-corrected chi connectivity index (χ0v) is 8.97.